The van der Waals surface area contributed by atoms with Gasteiger partial charge in [-0.2, -0.15) is 0 Å². The smallest absolute Gasteiger partial charge is 0.241 e. The topological polar surface area (TPSA) is 76.7 Å². The molecule has 1 aromatic carbocycles. The number of nitrogens with one attached hydrogen (secondary N) is 2. The van der Waals surface area contributed by atoms with Gasteiger partial charge in [-0.15, -0.1) is 0 Å². The molecule has 0 radical (unpaired) electrons. The van der Waals surface area contributed by atoms with E-state index in [-0.39, 0.29) is 0 Å². The first-order valence-electron chi connectivity index (χ1n) is 6.77. The van der Waals surface area contributed by atoms with Crippen LogP contribution in [0.4, 0.5) is 0 Å². The Morgan fingerprint density at radius 3 is 2.19 bits per heavy atom. The third-order valence-corrected chi connectivity index (χ3v) is 4.78. The zero-order valence-corrected chi connectivity index (χ0v) is 13.8. The van der Waals surface area contributed by atoms with E-state index in [1.165, 1.54) is 0 Å². The normalized spacial score (nSPS) is 11.6. The molecule has 0 heterocycles. The van der Waals surface area contributed by atoms with Crippen LogP contribution in [-0.4, -0.2) is 48.9 Å². The first-order chi connectivity index (χ1) is 9.92. The second-order valence-corrected chi connectivity index (χ2v) is 6.43. The number of ether oxygens (including phenoxy) is 2. The van der Waals surface area contributed by atoms with Gasteiger partial charge in [0.15, 0.2) is 0 Å². The van der Waals surface area contributed by atoms with Crippen molar-refractivity contribution in [2.75, 3.05) is 40.5 Å². The second-order valence-electron chi connectivity index (χ2n) is 4.73. The molecule has 21 heavy (non-hydrogen) atoms. The van der Waals surface area contributed by atoms with Crippen LogP contribution in [0, 0.1) is 13.8 Å². The Labute approximate surface area is 126 Å². The molecule has 0 spiro atoms. The summed E-state index contributed by atoms with van der Waals surface area (Å²) in [5.41, 5.74) is 1.35. The Morgan fingerprint density at radius 1 is 1.05 bits per heavy atom. The van der Waals surface area contributed by atoms with Crippen LogP contribution in [0.1, 0.15) is 11.1 Å². The lowest BCUT2D eigenvalue weighted by molar-refractivity contribution is 0.199. The molecule has 1 aromatic rings. The summed E-state index contributed by atoms with van der Waals surface area (Å²) in [6.07, 6.45) is 0. The van der Waals surface area contributed by atoms with E-state index in [2.05, 4.69) is 10.0 Å². The van der Waals surface area contributed by atoms with Crippen LogP contribution in [0.2, 0.25) is 0 Å². The fourth-order valence-corrected chi connectivity index (χ4v) is 3.58. The summed E-state index contributed by atoms with van der Waals surface area (Å²) in [4.78, 5) is 0.320. The standard InChI is InChI=1S/C14H24N2O4S/c1-11-9-13(20-4)10-12(2)14(11)21(17,18)16-6-5-15-7-8-19-3/h9-10,15-16H,5-8H2,1-4H3. The molecule has 0 amide bonds. The van der Waals surface area contributed by atoms with Gasteiger partial charge in [-0.3, -0.25) is 0 Å². The van der Waals surface area contributed by atoms with Crippen molar-refractivity contribution in [3.8, 4) is 5.75 Å². The van der Waals surface area contributed by atoms with Gasteiger partial charge in [0, 0.05) is 26.7 Å². The molecule has 2 N–H and O–H groups in total. The molecular weight excluding hydrogens is 292 g/mol. The molecule has 0 unspecified atom stereocenters. The molecule has 0 bridgehead atoms. The highest BCUT2D eigenvalue weighted by atomic mass is 32.2. The Bertz CT molecular complexity index is 535. The van der Waals surface area contributed by atoms with E-state index in [0.29, 0.717) is 48.0 Å². The van der Waals surface area contributed by atoms with Crippen LogP contribution in [-0.2, 0) is 14.8 Å². The maximum absolute atomic E-state index is 12.4. The summed E-state index contributed by atoms with van der Waals surface area (Å²) in [6, 6.07) is 3.44. The third kappa shape index (κ3) is 5.28. The molecule has 120 valence electrons. The summed E-state index contributed by atoms with van der Waals surface area (Å²) in [6.45, 7) is 5.71. The van der Waals surface area contributed by atoms with E-state index >= 15 is 0 Å². The summed E-state index contributed by atoms with van der Waals surface area (Å²) in [5, 5.41) is 3.09. The lowest BCUT2D eigenvalue weighted by Gasteiger charge is -2.14. The fraction of sp³-hybridized carbons (Fsp3) is 0.571. The zero-order chi connectivity index (χ0) is 15.9. The van der Waals surface area contributed by atoms with Crippen molar-refractivity contribution in [2.24, 2.45) is 0 Å². The molecule has 6 nitrogen and oxygen atoms in total. The second kappa shape index (κ2) is 8.33. The molecule has 0 saturated carbocycles. The minimum Gasteiger partial charge on any atom is -0.497 e. The number of hydrogen-bond acceptors (Lipinski definition) is 5. The molecule has 7 heteroatoms. The van der Waals surface area contributed by atoms with Crippen molar-refractivity contribution in [2.45, 2.75) is 18.7 Å². The predicted molar refractivity (Wildman–Crippen MR) is 82.4 cm³/mol. The number of rotatable bonds is 9. The van der Waals surface area contributed by atoms with Crippen LogP contribution in [0.5, 0.6) is 5.75 Å². The van der Waals surface area contributed by atoms with Gasteiger partial charge in [0.25, 0.3) is 0 Å². The third-order valence-electron chi connectivity index (χ3n) is 3.02. The van der Waals surface area contributed by atoms with E-state index in [1.807, 2.05) is 0 Å². The maximum Gasteiger partial charge on any atom is 0.241 e. The van der Waals surface area contributed by atoms with Gasteiger partial charge in [-0.1, -0.05) is 0 Å². The quantitative estimate of drug-likeness (QED) is 0.660. The summed E-state index contributed by atoms with van der Waals surface area (Å²) in [7, 11) is -0.330. The molecule has 0 aliphatic carbocycles. The lowest BCUT2D eigenvalue weighted by Crippen LogP contribution is -2.33. The molecule has 1 rings (SSSR count). The SMILES string of the molecule is COCCNCCNS(=O)(=O)c1c(C)cc(OC)cc1C. The van der Waals surface area contributed by atoms with E-state index in [1.54, 1.807) is 40.2 Å². The molecule has 0 atom stereocenters. The van der Waals surface area contributed by atoms with Crippen molar-refractivity contribution in [3.63, 3.8) is 0 Å². The van der Waals surface area contributed by atoms with E-state index in [9.17, 15) is 8.42 Å². The highest BCUT2D eigenvalue weighted by Crippen LogP contribution is 2.25. The fourth-order valence-electron chi connectivity index (χ4n) is 2.10. The summed E-state index contributed by atoms with van der Waals surface area (Å²) < 4.78 is 37.4. The Morgan fingerprint density at radius 2 is 1.67 bits per heavy atom. The van der Waals surface area contributed by atoms with Crippen LogP contribution in [0.15, 0.2) is 17.0 Å². The largest absolute Gasteiger partial charge is 0.497 e. The Balaban J connectivity index is 2.70. The summed E-state index contributed by atoms with van der Waals surface area (Å²) >= 11 is 0. The molecule has 0 aliphatic rings. The minimum atomic E-state index is -3.52. The van der Waals surface area contributed by atoms with Gasteiger partial charge >= 0.3 is 0 Å². The Kier molecular flexibility index (Phi) is 7.10. The monoisotopic (exact) mass is 316 g/mol. The lowest BCUT2D eigenvalue weighted by atomic mass is 10.1. The van der Waals surface area contributed by atoms with Crippen LogP contribution >= 0.6 is 0 Å². The predicted octanol–water partition coefficient (Wildman–Crippen LogP) is 0.826. The van der Waals surface area contributed by atoms with Gasteiger partial charge < -0.3 is 14.8 Å². The first-order valence-corrected chi connectivity index (χ1v) is 8.25. The average Bonchev–Trinajstić information content (AvgIpc) is 2.41. The van der Waals surface area contributed by atoms with Gasteiger partial charge in [0.05, 0.1) is 18.6 Å². The van der Waals surface area contributed by atoms with Crippen molar-refractivity contribution >= 4 is 10.0 Å². The number of sulfonamides is 1. The molecule has 0 aromatic heterocycles. The number of benzene rings is 1. The Hall–Kier alpha value is -1.15. The highest BCUT2D eigenvalue weighted by Gasteiger charge is 2.19. The minimum absolute atomic E-state index is 0.320. The highest BCUT2D eigenvalue weighted by molar-refractivity contribution is 7.89. The van der Waals surface area contributed by atoms with Gasteiger partial charge in [0.1, 0.15) is 5.75 Å². The van der Waals surface area contributed by atoms with Crippen LogP contribution < -0.4 is 14.8 Å². The molecule has 0 fully saturated rings. The van der Waals surface area contributed by atoms with Gasteiger partial charge in [0.2, 0.25) is 10.0 Å². The average molecular weight is 316 g/mol. The van der Waals surface area contributed by atoms with Crippen LogP contribution in [0.25, 0.3) is 0 Å². The van der Waals surface area contributed by atoms with Gasteiger partial charge in [-0.25, -0.2) is 13.1 Å². The number of aryl methyl sites for hydroxylation is 2. The van der Waals surface area contributed by atoms with Crippen molar-refractivity contribution in [1.82, 2.24) is 10.0 Å². The molecular formula is C14H24N2O4S. The van der Waals surface area contributed by atoms with Crippen molar-refractivity contribution in [1.29, 1.82) is 0 Å². The molecule has 0 saturated heterocycles. The number of methoxy groups -OCH3 is 2. The van der Waals surface area contributed by atoms with Crippen LogP contribution in [0.3, 0.4) is 0 Å². The van der Waals surface area contributed by atoms with Crippen molar-refractivity contribution < 1.29 is 17.9 Å². The van der Waals surface area contributed by atoms with E-state index in [0.717, 1.165) is 0 Å². The van der Waals surface area contributed by atoms with E-state index < -0.39 is 10.0 Å². The summed E-state index contributed by atoms with van der Waals surface area (Å²) in [5.74, 6) is 0.658. The maximum atomic E-state index is 12.4. The van der Waals surface area contributed by atoms with E-state index in [4.69, 9.17) is 9.47 Å². The molecule has 0 aliphatic heterocycles. The number of hydrogen-bond donors (Lipinski definition) is 2. The zero-order valence-electron chi connectivity index (χ0n) is 13.0. The first kappa shape index (κ1) is 17.9. The van der Waals surface area contributed by atoms with Crippen molar-refractivity contribution in [3.05, 3.63) is 23.3 Å². The van der Waals surface area contributed by atoms with Gasteiger partial charge in [-0.05, 0) is 37.1 Å².